The predicted octanol–water partition coefficient (Wildman–Crippen LogP) is 2.70. The first-order valence-electron chi connectivity index (χ1n) is 16.0. The normalized spacial score (nSPS) is 16.2. The Kier molecular flexibility index (Phi) is 8.73. The molecule has 0 aliphatic carbocycles. The van der Waals surface area contributed by atoms with E-state index in [9.17, 15) is 32.8 Å². The number of H-pyrrole nitrogens is 1. The molecule has 4 aromatic heterocycles. The fraction of sp³-hybridized carbons (Fsp3) is 0.294. The number of nitrogens with zero attached hydrogens (tertiary/aromatic N) is 7. The predicted molar refractivity (Wildman–Crippen MR) is 177 cm³/mol. The fourth-order valence-corrected chi connectivity index (χ4v) is 6.23. The number of benzene rings is 1. The lowest BCUT2D eigenvalue weighted by atomic mass is 10.1. The number of piperidine rings is 1. The van der Waals surface area contributed by atoms with Gasteiger partial charge in [0.05, 0.1) is 39.7 Å². The number of imidazole rings is 1. The number of carbonyl (C=O) groups excluding carboxylic acids is 4. The van der Waals surface area contributed by atoms with Gasteiger partial charge >= 0.3 is 5.69 Å². The molecule has 2 aliphatic heterocycles. The molecule has 17 heteroatoms. The van der Waals surface area contributed by atoms with Crippen molar-refractivity contribution in [3.63, 3.8) is 0 Å². The summed E-state index contributed by atoms with van der Waals surface area (Å²) in [5.74, 6) is 4.26. The van der Waals surface area contributed by atoms with Crippen molar-refractivity contribution in [2.24, 2.45) is 7.05 Å². The summed E-state index contributed by atoms with van der Waals surface area (Å²) in [4.78, 5) is 68.9. The van der Waals surface area contributed by atoms with Gasteiger partial charge in [0.1, 0.15) is 11.7 Å². The first-order valence-corrected chi connectivity index (χ1v) is 16.0. The smallest absolute Gasteiger partial charge is 0.329 e. The Balaban J connectivity index is 0.970. The molecule has 0 radical (unpaired) electrons. The maximum Gasteiger partial charge on any atom is 0.329 e. The summed E-state index contributed by atoms with van der Waals surface area (Å²) in [6.45, 7) is 0.486. The minimum atomic E-state index is -2.95. The van der Waals surface area contributed by atoms with Gasteiger partial charge in [-0.05, 0) is 36.8 Å². The highest BCUT2D eigenvalue weighted by atomic mass is 19.3. The maximum absolute atomic E-state index is 13.9. The van der Waals surface area contributed by atoms with E-state index in [0.29, 0.717) is 28.0 Å². The zero-order chi connectivity index (χ0) is 35.8. The van der Waals surface area contributed by atoms with Crippen LogP contribution in [0.4, 0.5) is 14.5 Å². The third-order valence-electron chi connectivity index (χ3n) is 8.87. The second-order valence-corrected chi connectivity index (χ2v) is 12.1. The van der Waals surface area contributed by atoms with E-state index in [1.54, 1.807) is 54.5 Å². The molecule has 2 saturated heterocycles. The first kappa shape index (κ1) is 33.1. The molecule has 4 amide bonds. The Morgan fingerprint density at radius 1 is 1.10 bits per heavy atom. The molecule has 2 fully saturated rings. The molecule has 6 heterocycles. The summed E-state index contributed by atoms with van der Waals surface area (Å²) in [5.41, 5.74) is 1.52. The van der Waals surface area contributed by atoms with Crippen LogP contribution < -0.4 is 16.3 Å². The number of para-hydroxylation sites is 1. The van der Waals surface area contributed by atoms with Gasteiger partial charge in [-0.15, -0.1) is 0 Å². The average Bonchev–Trinajstić information content (AvgIpc) is 3.83. The van der Waals surface area contributed by atoms with Crippen molar-refractivity contribution in [3.8, 4) is 23.2 Å². The number of hydrogen-bond acceptors (Lipinski definition) is 8. The number of alkyl halides is 2. The van der Waals surface area contributed by atoms with E-state index in [0.717, 1.165) is 0 Å². The molecule has 1 aromatic carbocycles. The number of anilines is 1. The Morgan fingerprint density at radius 2 is 1.90 bits per heavy atom. The van der Waals surface area contributed by atoms with Crippen molar-refractivity contribution in [2.45, 2.75) is 44.2 Å². The van der Waals surface area contributed by atoms with Crippen LogP contribution >= 0.6 is 0 Å². The van der Waals surface area contributed by atoms with E-state index < -0.39 is 35.7 Å². The van der Waals surface area contributed by atoms with Gasteiger partial charge in [0.2, 0.25) is 17.7 Å². The zero-order valence-corrected chi connectivity index (χ0v) is 27.1. The summed E-state index contributed by atoms with van der Waals surface area (Å²) >= 11 is 0. The summed E-state index contributed by atoms with van der Waals surface area (Å²) in [6.07, 6.45) is 0.595. The third kappa shape index (κ3) is 6.38. The Morgan fingerprint density at radius 3 is 2.65 bits per heavy atom. The van der Waals surface area contributed by atoms with Crippen molar-refractivity contribution in [2.75, 3.05) is 18.4 Å². The third-order valence-corrected chi connectivity index (χ3v) is 8.87. The molecular weight excluding hydrogens is 666 g/mol. The summed E-state index contributed by atoms with van der Waals surface area (Å²) in [7, 11) is 1.59. The highest BCUT2D eigenvalue weighted by Gasteiger charge is 2.34. The summed E-state index contributed by atoms with van der Waals surface area (Å²) < 4.78 is 31.9. The van der Waals surface area contributed by atoms with E-state index >= 15 is 0 Å². The van der Waals surface area contributed by atoms with Crippen LogP contribution in [0.2, 0.25) is 0 Å². The number of carbonyl (C=O) groups is 4. The minimum Gasteiger partial charge on any atom is -0.338 e. The summed E-state index contributed by atoms with van der Waals surface area (Å²) in [6, 6.07) is 10.5. The van der Waals surface area contributed by atoms with Crippen molar-refractivity contribution in [1.29, 1.82) is 0 Å². The molecule has 1 atom stereocenters. The molecule has 3 N–H and O–H groups in total. The highest BCUT2D eigenvalue weighted by Crippen LogP contribution is 2.30. The van der Waals surface area contributed by atoms with Crippen LogP contribution in [0.5, 0.6) is 0 Å². The zero-order valence-electron chi connectivity index (χ0n) is 27.1. The lowest BCUT2D eigenvalue weighted by molar-refractivity contribution is -0.137. The number of halogens is 2. The van der Waals surface area contributed by atoms with Crippen LogP contribution in [-0.2, 0) is 21.4 Å². The molecule has 15 nitrogen and oxygen atoms in total. The maximum atomic E-state index is 13.9. The topological polar surface area (TPSA) is 182 Å². The van der Waals surface area contributed by atoms with E-state index in [4.69, 9.17) is 0 Å². The molecule has 51 heavy (non-hydrogen) atoms. The number of imide groups is 1. The van der Waals surface area contributed by atoms with Crippen molar-refractivity contribution in [1.82, 2.24) is 44.3 Å². The fourth-order valence-electron chi connectivity index (χ4n) is 6.23. The van der Waals surface area contributed by atoms with Gasteiger partial charge in [-0.3, -0.25) is 43.4 Å². The van der Waals surface area contributed by atoms with E-state index in [2.05, 4.69) is 42.8 Å². The number of rotatable bonds is 8. The van der Waals surface area contributed by atoms with Crippen molar-refractivity contribution < 1.29 is 28.0 Å². The van der Waals surface area contributed by atoms with Crippen LogP contribution in [0.25, 0.3) is 22.4 Å². The average molecular weight is 697 g/mol. The molecular formula is C34H30F2N10O5. The lowest BCUT2D eigenvalue weighted by Gasteiger charge is -2.39. The van der Waals surface area contributed by atoms with Gasteiger partial charge < -0.3 is 10.2 Å². The van der Waals surface area contributed by atoms with Crippen molar-refractivity contribution in [3.05, 3.63) is 82.3 Å². The number of likely N-dealkylation sites (tertiary alicyclic amines) is 1. The number of aromatic amines is 1. The molecule has 2 aliphatic rings. The first-order chi connectivity index (χ1) is 24.6. The highest BCUT2D eigenvalue weighted by molar-refractivity contribution is 6.03. The molecule has 260 valence electrons. The number of amides is 4. The number of aromatic nitrogens is 7. The van der Waals surface area contributed by atoms with E-state index in [1.165, 1.54) is 26.1 Å². The second kappa shape index (κ2) is 13.5. The standard InChI is InChI=1S/C34H30F2N10O5/c1-43-30-19(7-4-10-25(30)46(34(43)51)26-12-13-27(47)40-33(26)50)6-2-3-11-28(48)44-16-20(17-44)45-18-24(29(42-45)31(35)36)39-32(49)23-9-5-8-21(38-23)22-14-15-37-41-22/h4-5,7-10,14-15,18,20,26,31H,3,11-13,16-17H2,1H3,(H,37,41)(H,39,49)(H,40,47,50). The summed E-state index contributed by atoms with van der Waals surface area (Å²) in [5, 5.41) is 15.4. The van der Waals surface area contributed by atoms with Crippen LogP contribution in [0.1, 0.15) is 65.9 Å². The van der Waals surface area contributed by atoms with Crippen LogP contribution in [-0.4, -0.2) is 75.7 Å². The van der Waals surface area contributed by atoms with Gasteiger partial charge in [-0.2, -0.15) is 10.2 Å². The van der Waals surface area contributed by atoms with Gasteiger partial charge in [-0.1, -0.05) is 24.0 Å². The monoisotopic (exact) mass is 696 g/mol. The molecule has 1 unspecified atom stereocenters. The van der Waals surface area contributed by atoms with Gasteiger partial charge in [0.25, 0.3) is 12.3 Å². The van der Waals surface area contributed by atoms with Gasteiger partial charge in [-0.25, -0.2) is 18.6 Å². The van der Waals surface area contributed by atoms with Crippen LogP contribution in [0.3, 0.4) is 0 Å². The molecule has 7 rings (SSSR count). The number of aryl methyl sites for hydroxylation is 1. The Bertz CT molecular complexity index is 2310. The van der Waals surface area contributed by atoms with Crippen LogP contribution in [0, 0.1) is 11.8 Å². The Hall–Kier alpha value is -6.44. The number of nitrogens with one attached hydrogen (secondary N) is 3. The lowest BCUT2D eigenvalue weighted by Crippen LogP contribution is -2.50. The van der Waals surface area contributed by atoms with Gasteiger partial charge in [0.15, 0.2) is 5.69 Å². The quantitative estimate of drug-likeness (QED) is 0.164. The Labute approximate surface area is 287 Å². The number of fused-ring (bicyclic) bond motifs is 1. The molecule has 5 aromatic rings. The van der Waals surface area contributed by atoms with Crippen LogP contribution in [0.15, 0.2) is 59.7 Å². The minimum absolute atomic E-state index is 0.0185. The van der Waals surface area contributed by atoms with E-state index in [-0.39, 0.29) is 68.0 Å². The molecule has 0 bridgehead atoms. The molecule has 0 spiro atoms. The number of hydrogen-bond donors (Lipinski definition) is 3. The van der Waals surface area contributed by atoms with E-state index in [1.807, 2.05) is 0 Å². The van der Waals surface area contributed by atoms with Gasteiger partial charge in [0, 0.05) is 51.8 Å². The molecule has 0 saturated carbocycles. The van der Waals surface area contributed by atoms with Crippen molar-refractivity contribution >= 4 is 40.3 Å². The largest absolute Gasteiger partial charge is 0.338 e. The number of pyridine rings is 1. The SMILES string of the molecule is Cn1c(=O)n(C2CCC(=O)NC2=O)c2cccc(C#CCCC(=O)N3CC(n4cc(NC(=O)c5cccc(-c6ccn[nH]6)n5)c(C(F)F)n4)C3)c21. The second-order valence-electron chi connectivity index (χ2n) is 12.1.